The van der Waals surface area contributed by atoms with Crippen molar-refractivity contribution < 1.29 is 4.79 Å². The molecule has 0 bridgehead atoms. The standard InChI is InChI=1S/C7H7NOS/c1-3-6-4-10-7(8-6)5(2)9/h3-4H,1H2,2H3. The Bertz CT molecular complexity index is 264. The Kier molecular flexibility index (Phi) is 1.97. The van der Waals surface area contributed by atoms with Crippen molar-refractivity contribution in [3.63, 3.8) is 0 Å². The molecule has 1 aromatic heterocycles. The minimum Gasteiger partial charge on any atom is -0.292 e. The molecule has 0 saturated carbocycles. The maximum atomic E-state index is 10.7. The fourth-order valence-electron chi connectivity index (χ4n) is 0.542. The van der Waals surface area contributed by atoms with E-state index >= 15 is 0 Å². The van der Waals surface area contributed by atoms with Gasteiger partial charge in [-0.3, -0.25) is 4.79 Å². The van der Waals surface area contributed by atoms with E-state index < -0.39 is 0 Å². The number of carbonyl (C=O) groups excluding carboxylic acids is 1. The number of Topliss-reactive ketones (excluding diaryl/α,β-unsaturated/α-hetero) is 1. The summed E-state index contributed by atoms with van der Waals surface area (Å²) >= 11 is 1.35. The third kappa shape index (κ3) is 1.30. The van der Waals surface area contributed by atoms with Crippen LogP contribution < -0.4 is 0 Å². The van der Waals surface area contributed by atoms with Crippen molar-refractivity contribution in [3.05, 3.63) is 22.7 Å². The topological polar surface area (TPSA) is 30.0 Å². The van der Waals surface area contributed by atoms with Crippen LogP contribution in [0.1, 0.15) is 22.4 Å². The van der Waals surface area contributed by atoms with Crippen molar-refractivity contribution in [1.29, 1.82) is 0 Å². The molecule has 0 aliphatic carbocycles. The maximum absolute atomic E-state index is 10.7. The molecule has 52 valence electrons. The third-order valence-electron chi connectivity index (χ3n) is 1.03. The Morgan fingerprint density at radius 2 is 2.60 bits per heavy atom. The molecule has 2 nitrogen and oxygen atoms in total. The summed E-state index contributed by atoms with van der Waals surface area (Å²) in [5.41, 5.74) is 0.773. The van der Waals surface area contributed by atoms with Crippen LogP contribution in [0.2, 0.25) is 0 Å². The molecule has 0 aliphatic heterocycles. The van der Waals surface area contributed by atoms with Crippen LogP contribution in [0.15, 0.2) is 12.0 Å². The van der Waals surface area contributed by atoms with Gasteiger partial charge >= 0.3 is 0 Å². The molecule has 0 aromatic carbocycles. The Morgan fingerprint density at radius 3 is 2.90 bits per heavy atom. The Balaban J connectivity index is 2.98. The zero-order chi connectivity index (χ0) is 7.56. The van der Waals surface area contributed by atoms with Crippen LogP contribution in [-0.4, -0.2) is 10.8 Å². The summed E-state index contributed by atoms with van der Waals surface area (Å²) in [6.07, 6.45) is 1.63. The van der Waals surface area contributed by atoms with Gasteiger partial charge in [-0.05, 0) is 6.08 Å². The number of aromatic nitrogens is 1. The third-order valence-corrected chi connectivity index (χ3v) is 1.99. The molecule has 1 aromatic rings. The predicted octanol–water partition coefficient (Wildman–Crippen LogP) is 1.99. The number of carbonyl (C=O) groups is 1. The molecule has 10 heavy (non-hydrogen) atoms. The molecule has 0 amide bonds. The Morgan fingerprint density at radius 1 is 1.90 bits per heavy atom. The van der Waals surface area contributed by atoms with Crippen molar-refractivity contribution in [2.75, 3.05) is 0 Å². The van der Waals surface area contributed by atoms with Crippen LogP contribution >= 0.6 is 11.3 Å². The van der Waals surface area contributed by atoms with Crippen molar-refractivity contribution in [3.8, 4) is 0 Å². The van der Waals surface area contributed by atoms with Gasteiger partial charge in [-0.25, -0.2) is 4.98 Å². The van der Waals surface area contributed by atoms with Crippen molar-refractivity contribution in [2.45, 2.75) is 6.92 Å². The smallest absolute Gasteiger partial charge is 0.188 e. The number of hydrogen-bond donors (Lipinski definition) is 0. The maximum Gasteiger partial charge on any atom is 0.188 e. The molecule has 0 aliphatic rings. The molecule has 0 unspecified atom stereocenters. The van der Waals surface area contributed by atoms with Gasteiger partial charge in [0.05, 0.1) is 5.69 Å². The van der Waals surface area contributed by atoms with Crippen molar-refractivity contribution in [2.24, 2.45) is 0 Å². The molecule has 3 heteroatoms. The van der Waals surface area contributed by atoms with Crippen LogP contribution in [0.4, 0.5) is 0 Å². The average molecular weight is 153 g/mol. The normalized spacial score (nSPS) is 9.30. The number of thiazole rings is 1. The van der Waals surface area contributed by atoms with Gasteiger partial charge < -0.3 is 0 Å². The van der Waals surface area contributed by atoms with Gasteiger partial charge in [-0.2, -0.15) is 0 Å². The zero-order valence-corrected chi connectivity index (χ0v) is 6.44. The number of rotatable bonds is 2. The summed E-state index contributed by atoms with van der Waals surface area (Å²) < 4.78 is 0. The van der Waals surface area contributed by atoms with E-state index in [9.17, 15) is 4.79 Å². The van der Waals surface area contributed by atoms with E-state index in [-0.39, 0.29) is 5.78 Å². The van der Waals surface area contributed by atoms with Gasteiger partial charge in [0.1, 0.15) is 0 Å². The molecule has 0 N–H and O–H groups in total. The van der Waals surface area contributed by atoms with E-state index in [1.807, 2.05) is 5.38 Å². The summed E-state index contributed by atoms with van der Waals surface area (Å²) in [4.78, 5) is 14.7. The molecule has 0 atom stereocenters. The van der Waals surface area contributed by atoms with Crippen LogP contribution in [0, 0.1) is 0 Å². The Labute approximate surface area is 63.2 Å². The van der Waals surface area contributed by atoms with Gasteiger partial charge in [0.2, 0.25) is 0 Å². The van der Waals surface area contributed by atoms with E-state index in [4.69, 9.17) is 0 Å². The zero-order valence-electron chi connectivity index (χ0n) is 5.63. The molecule has 0 spiro atoms. The fourth-order valence-corrected chi connectivity index (χ4v) is 1.25. The highest BCUT2D eigenvalue weighted by atomic mass is 32.1. The van der Waals surface area contributed by atoms with Gasteiger partial charge in [-0.15, -0.1) is 11.3 Å². The van der Waals surface area contributed by atoms with Crippen LogP contribution in [0.3, 0.4) is 0 Å². The SMILES string of the molecule is C=Cc1csc(C(C)=O)n1. The molecular weight excluding hydrogens is 146 g/mol. The van der Waals surface area contributed by atoms with Crippen molar-refractivity contribution >= 4 is 23.2 Å². The highest BCUT2D eigenvalue weighted by molar-refractivity contribution is 7.11. The predicted molar refractivity (Wildman–Crippen MR) is 42.2 cm³/mol. The second-order valence-electron chi connectivity index (χ2n) is 1.84. The Hall–Kier alpha value is -0.960. The lowest BCUT2D eigenvalue weighted by Crippen LogP contribution is -1.88. The first-order valence-corrected chi connectivity index (χ1v) is 3.71. The van der Waals surface area contributed by atoms with Crippen LogP contribution in [-0.2, 0) is 0 Å². The lowest BCUT2D eigenvalue weighted by Gasteiger charge is -1.80. The van der Waals surface area contributed by atoms with Gasteiger partial charge in [0, 0.05) is 12.3 Å². The van der Waals surface area contributed by atoms with Crippen LogP contribution in [0.5, 0.6) is 0 Å². The summed E-state index contributed by atoms with van der Waals surface area (Å²) in [5, 5.41) is 2.36. The van der Waals surface area contributed by atoms with E-state index in [2.05, 4.69) is 11.6 Å². The second kappa shape index (κ2) is 2.75. The molecule has 1 rings (SSSR count). The van der Waals surface area contributed by atoms with Gasteiger partial charge in [0.15, 0.2) is 10.8 Å². The summed E-state index contributed by atoms with van der Waals surface area (Å²) in [5.74, 6) is 0.0121. The molecule has 1 heterocycles. The highest BCUT2D eigenvalue weighted by Crippen LogP contribution is 2.10. The van der Waals surface area contributed by atoms with Crippen molar-refractivity contribution in [1.82, 2.24) is 4.98 Å². The largest absolute Gasteiger partial charge is 0.292 e. The first-order chi connectivity index (χ1) is 4.74. The van der Waals surface area contributed by atoms with Gasteiger partial charge in [0.25, 0.3) is 0 Å². The summed E-state index contributed by atoms with van der Waals surface area (Å²) in [6, 6.07) is 0. The number of hydrogen-bond acceptors (Lipinski definition) is 3. The molecule has 0 radical (unpaired) electrons. The van der Waals surface area contributed by atoms with Crippen LogP contribution in [0.25, 0.3) is 6.08 Å². The lowest BCUT2D eigenvalue weighted by atomic mass is 10.4. The first-order valence-electron chi connectivity index (χ1n) is 2.83. The van der Waals surface area contributed by atoms with E-state index in [0.29, 0.717) is 5.01 Å². The van der Waals surface area contributed by atoms with E-state index in [1.54, 1.807) is 6.08 Å². The molecular formula is C7H7NOS. The number of nitrogens with zero attached hydrogens (tertiary/aromatic N) is 1. The number of ketones is 1. The average Bonchev–Trinajstić information content (AvgIpc) is 2.34. The monoisotopic (exact) mass is 153 g/mol. The summed E-state index contributed by atoms with van der Waals surface area (Å²) in [6.45, 7) is 5.04. The highest BCUT2D eigenvalue weighted by Gasteiger charge is 2.02. The minimum atomic E-state index is 0.0121. The molecule has 0 fully saturated rings. The first kappa shape index (κ1) is 7.15. The van der Waals surface area contributed by atoms with Gasteiger partial charge in [-0.1, -0.05) is 6.58 Å². The second-order valence-corrected chi connectivity index (χ2v) is 2.70. The molecule has 0 saturated heterocycles. The fraction of sp³-hybridized carbons (Fsp3) is 0.143. The summed E-state index contributed by atoms with van der Waals surface area (Å²) in [7, 11) is 0. The lowest BCUT2D eigenvalue weighted by molar-refractivity contribution is 0.101. The minimum absolute atomic E-state index is 0.0121. The van der Waals surface area contributed by atoms with E-state index in [1.165, 1.54) is 18.3 Å². The van der Waals surface area contributed by atoms with E-state index in [0.717, 1.165) is 5.69 Å². The quantitative estimate of drug-likeness (QED) is 0.608.